The van der Waals surface area contributed by atoms with E-state index in [4.69, 9.17) is 10.5 Å². The van der Waals surface area contributed by atoms with E-state index < -0.39 is 0 Å². The molecule has 0 bridgehead atoms. The van der Waals surface area contributed by atoms with Crippen LogP contribution in [0.1, 0.15) is 13.8 Å². The zero-order chi connectivity index (χ0) is 11.5. The minimum absolute atomic E-state index is 0.0289. The Morgan fingerprint density at radius 2 is 1.69 bits per heavy atom. The lowest BCUT2D eigenvalue weighted by atomic mass is 10.1. The van der Waals surface area contributed by atoms with E-state index in [1.807, 2.05) is 38.1 Å². The summed E-state index contributed by atoms with van der Waals surface area (Å²) in [4.78, 5) is 0. The Labute approximate surface area is 96.0 Å². The molecule has 0 aliphatic heterocycles. The first-order chi connectivity index (χ1) is 7.66. The summed E-state index contributed by atoms with van der Waals surface area (Å²) in [5, 5.41) is 2.42. The van der Waals surface area contributed by atoms with E-state index in [0.717, 1.165) is 5.75 Å². The molecule has 0 fully saturated rings. The van der Waals surface area contributed by atoms with Crippen LogP contribution in [0.5, 0.6) is 5.75 Å². The smallest absolute Gasteiger partial charge is 0.120 e. The van der Waals surface area contributed by atoms with Gasteiger partial charge in [-0.2, -0.15) is 0 Å². The third kappa shape index (κ3) is 2.34. The maximum atomic E-state index is 5.77. The molecule has 0 spiro atoms. The van der Waals surface area contributed by atoms with E-state index in [-0.39, 0.29) is 12.1 Å². The number of hydrogen-bond acceptors (Lipinski definition) is 2. The second-order valence-electron chi connectivity index (χ2n) is 4.19. The molecule has 0 saturated carbocycles. The molecular formula is C14H17NO. The van der Waals surface area contributed by atoms with Crippen molar-refractivity contribution in [1.29, 1.82) is 0 Å². The predicted octanol–water partition coefficient (Wildman–Crippen LogP) is 2.95. The van der Waals surface area contributed by atoms with Crippen LogP contribution in [0.15, 0.2) is 42.5 Å². The standard InChI is InChI=1S/C14H17NO/c1-10(15)11(2)16-14-8-7-12-5-3-4-6-13(12)9-14/h3-11H,15H2,1-2H3. The second kappa shape index (κ2) is 4.54. The van der Waals surface area contributed by atoms with E-state index in [0.29, 0.717) is 0 Å². The van der Waals surface area contributed by atoms with Gasteiger partial charge < -0.3 is 10.5 Å². The summed E-state index contributed by atoms with van der Waals surface area (Å²) in [6.45, 7) is 3.94. The predicted molar refractivity (Wildman–Crippen MR) is 67.7 cm³/mol. The first-order valence-corrected chi connectivity index (χ1v) is 5.58. The van der Waals surface area contributed by atoms with Crippen molar-refractivity contribution in [2.75, 3.05) is 0 Å². The number of ether oxygens (including phenoxy) is 1. The van der Waals surface area contributed by atoms with E-state index in [9.17, 15) is 0 Å². The molecule has 0 aliphatic rings. The average Bonchev–Trinajstić information content (AvgIpc) is 2.28. The van der Waals surface area contributed by atoms with Crippen molar-refractivity contribution in [3.63, 3.8) is 0 Å². The number of rotatable bonds is 3. The summed E-state index contributed by atoms with van der Waals surface area (Å²) >= 11 is 0. The molecule has 84 valence electrons. The lowest BCUT2D eigenvalue weighted by Gasteiger charge is -2.18. The van der Waals surface area contributed by atoms with Gasteiger partial charge in [-0.1, -0.05) is 30.3 Å². The molecule has 0 radical (unpaired) electrons. The summed E-state index contributed by atoms with van der Waals surface area (Å²) in [5.41, 5.74) is 5.77. The molecule has 2 unspecified atom stereocenters. The number of benzene rings is 2. The highest BCUT2D eigenvalue weighted by atomic mass is 16.5. The maximum absolute atomic E-state index is 5.77. The van der Waals surface area contributed by atoms with Gasteiger partial charge in [0.25, 0.3) is 0 Å². The monoisotopic (exact) mass is 215 g/mol. The highest BCUT2D eigenvalue weighted by Gasteiger charge is 2.08. The zero-order valence-electron chi connectivity index (χ0n) is 9.68. The summed E-state index contributed by atoms with van der Waals surface area (Å²) in [7, 11) is 0. The molecule has 2 aromatic carbocycles. The normalized spacial score (nSPS) is 14.7. The van der Waals surface area contributed by atoms with Crippen LogP contribution in [-0.2, 0) is 0 Å². The van der Waals surface area contributed by atoms with Gasteiger partial charge in [0.2, 0.25) is 0 Å². The van der Waals surface area contributed by atoms with E-state index in [2.05, 4.69) is 18.2 Å². The molecule has 2 heteroatoms. The van der Waals surface area contributed by atoms with Crippen LogP contribution >= 0.6 is 0 Å². The van der Waals surface area contributed by atoms with Gasteiger partial charge in [0.15, 0.2) is 0 Å². The Bertz CT molecular complexity index is 479. The fourth-order valence-corrected chi connectivity index (χ4v) is 1.56. The molecule has 0 aliphatic carbocycles. The molecule has 2 atom stereocenters. The van der Waals surface area contributed by atoms with Crippen LogP contribution in [0, 0.1) is 0 Å². The highest BCUT2D eigenvalue weighted by molar-refractivity contribution is 5.83. The SMILES string of the molecule is CC(N)C(C)Oc1ccc2ccccc2c1. The first kappa shape index (κ1) is 11.0. The van der Waals surface area contributed by atoms with Crippen molar-refractivity contribution in [3.8, 4) is 5.75 Å². The van der Waals surface area contributed by atoms with Gasteiger partial charge in [0, 0.05) is 6.04 Å². The zero-order valence-corrected chi connectivity index (χ0v) is 9.68. The van der Waals surface area contributed by atoms with Crippen LogP contribution in [0.2, 0.25) is 0 Å². The average molecular weight is 215 g/mol. The van der Waals surface area contributed by atoms with Crippen LogP contribution in [-0.4, -0.2) is 12.1 Å². The Morgan fingerprint density at radius 3 is 2.38 bits per heavy atom. The quantitative estimate of drug-likeness (QED) is 0.854. The van der Waals surface area contributed by atoms with E-state index >= 15 is 0 Å². The summed E-state index contributed by atoms with van der Waals surface area (Å²) < 4.78 is 5.76. The summed E-state index contributed by atoms with van der Waals surface area (Å²) in [6, 6.07) is 14.4. The van der Waals surface area contributed by atoms with Crippen molar-refractivity contribution >= 4 is 10.8 Å². The van der Waals surface area contributed by atoms with E-state index in [1.165, 1.54) is 10.8 Å². The van der Waals surface area contributed by atoms with Crippen molar-refractivity contribution < 1.29 is 4.74 Å². The van der Waals surface area contributed by atoms with Crippen molar-refractivity contribution in [2.24, 2.45) is 5.73 Å². The topological polar surface area (TPSA) is 35.2 Å². The van der Waals surface area contributed by atoms with Gasteiger partial charge in [0.05, 0.1) is 0 Å². The maximum Gasteiger partial charge on any atom is 0.120 e. The minimum atomic E-state index is 0.0289. The Balaban J connectivity index is 2.26. The highest BCUT2D eigenvalue weighted by Crippen LogP contribution is 2.21. The molecule has 0 aromatic heterocycles. The molecule has 2 rings (SSSR count). The largest absolute Gasteiger partial charge is 0.489 e. The molecule has 2 N–H and O–H groups in total. The van der Waals surface area contributed by atoms with Crippen molar-refractivity contribution in [3.05, 3.63) is 42.5 Å². The fraction of sp³-hybridized carbons (Fsp3) is 0.286. The van der Waals surface area contributed by atoms with Crippen LogP contribution in [0.3, 0.4) is 0 Å². The first-order valence-electron chi connectivity index (χ1n) is 5.58. The fourth-order valence-electron chi connectivity index (χ4n) is 1.56. The van der Waals surface area contributed by atoms with Crippen LogP contribution in [0.25, 0.3) is 10.8 Å². The molecule has 0 amide bonds. The van der Waals surface area contributed by atoms with Crippen LogP contribution < -0.4 is 10.5 Å². The van der Waals surface area contributed by atoms with Gasteiger partial charge in [0.1, 0.15) is 11.9 Å². The van der Waals surface area contributed by atoms with Crippen molar-refractivity contribution in [2.45, 2.75) is 26.0 Å². The molecule has 16 heavy (non-hydrogen) atoms. The Morgan fingerprint density at radius 1 is 1.00 bits per heavy atom. The van der Waals surface area contributed by atoms with Gasteiger partial charge in [-0.05, 0) is 36.8 Å². The lowest BCUT2D eigenvalue weighted by Crippen LogP contribution is -2.33. The molecule has 0 heterocycles. The van der Waals surface area contributed by atoms with E-state index in [1.54, 1.807) is 0 Å². The molecule has 2 aromatic rings. The van der Waals surface area contributed by atoms with Gasteiger partial charge in [-0.3, -0.25) is 0 Å². The third-order valence-electron chi connectivity index (χ3n) is 2.78. The molecule has 0 saturated heterocycles. The van der Waals surface area contributed by atoms with Gasteiger partial charge in [-0.25, -0.2) is 0 Å². The van der Waals surface area contributed by atoms with Gasteiger partial charge >= 0.3 is 0 Å². The van der Waals surface area contributed by atoms with Gasteiger partial charge in [-0.15, -0.1) is 0 Å². The van der Waals surface area contributed by atoms with Crippen LogP contribution in [0.4, 0.5) is 0 Å². The Hall–Kier alpha value is -1.54. The third-order valence-corrected chi connectivity index (χ3v) is 2.78. The number of fused-ring (bicyclic) bond motifs is 1. The molecule has 2 nitrogen and oxygen atoms in total. The second-order valence-corrected chi connectivity index (χ2v) is 4.19. The number of hydrogen-bond donors (Lipinski definition) is 1. The molecular weight excluding hydrogens is 198 g/mol. The minimum Gasteiger partial charge on any atom is -0.489 e. The number of nitrogens with two attached hydrogens (primary N) is 1. The Kier molecular flexibility index (Phi) is 3.11. The summed E-state index contributed by atoms with van der Waals surface area (Å²) in [5.74, 6) is 0.878. The van der Waals surface area contributed by atoms with Crippen molar-refractivity contribution in [1.82, 2.24) is 0 Å². The summed E-state index contributed by atoms with van der Waals surface area (Å²) in [6.07, 6.45) is 0.0289. The lowest BCUT2D eigenvalue weighted by molar-refractivity contribution is 0.197.